The fourth-order valence-corrected chi connectivity index (χ4v) is 3.79. The summed E-state index contributed by atoms with van der Waals surface area (Å²) in [6.45, 7) is 8.80. The van der Waals surface area contributed by atoms with Gasteiger partial charge in [0, 0.05) is 26.2 Å². The van der Waals surface area contributed by atoms with Crippen molar-refractivity contribution < 1.29 is 14.3 Å². The first-order valence-corrected chi connectivity index (χ1v) is 10.3. The summed E-state index contributed by atoms with van der Waals surface area (Å²) in [5.41, 5.74) is 2.19. The average molecular weight is 410 g/mol. The number of ether oxygens (including phenoxy) is 1. The van der Waals surface area contributed by atoms with Gasteiger partial charge in [0.1, 0.15) is 5.75 Å². The standard InChI is InChI=1S/C24H31N3O3/c1-18-10-11-21(30-4)20(16-18)25-22(28)17-26-12-14-27(15-13-26)23(29)24(2,3)19-8-6-5-7-9-19/h5-11,16H,12-15,17H2,1-4H3,(H,25,28). The number of anilines is 1. The van der Waals surface area contributed by atoms with Crippen molar-refractivity contribution in [1.82, 2.24) is 9.80 Å². The molecule has 0 radical (unpaired) electrons. The molecular weight excluding hydrogens is 378 g/mol. The van der Waals surface area contributed by atoms with Crippen molar-refractivity contribution in [2.45, 2.75) is 26.2 Å². The summed E-state index contributed by atoms with van der Waals surface area (Å²) in [6.07, 6.45) is 0. The van der Waals surface area contributed by atoms with Gasteiger partial charge in [-0.15, -0.1) is 0 Å². The molecule has 0 saturated carbocycles. The van der Waals surface area contributed by atoms with Crippen LogP contribution in [0.2, 0.25) is 0 Å². The van der Waals surface area contributed by atoms with Crippen molar-refractivity contribution in [1.29, 1.82) is 0 Å². The third-order valence-corrected chi connectivity index (χ3v) is 5.69. The first kappa shape index (κ1) is 21.8. The van der Waals surface area contributed by atoms with Crippen LogP contribution < -0.4 is 10.1 Å². The van der Waals surface area contributed by atoms with Gasteiger partial charge < -0.3 is 15.0 Å². The molecule has 0 spiro atoms. The third kappa shape index (κ3) is 5.00. The van der Waals surface area contributed by atoms with E-state index in [2.05, 4.69) is 10.2 Å². The highest BCUT2D eigenvalue weighted by Crippen LogP contribution is 2.27. The number of amides is 2. The van der Waals surface area contributed by atoms with Crippen LogP contribution in [0.1, 0.15) is 25.0 Å². The molecule has 0 atom stereocenters. The number of hydrogen-bond donors (Lipinski definition) is 1. The van der Waals surface area contributed by atoms with E-state index in [1.54, 1.807) is 7.11 Å². The Kier molecular flexibility index (Phi) is 6.77. The zero-order valence-electron chi connectivity index (χ0n) is 18.3. The molecule has 0 unspecified atom stereocenters. The van der Waals surface area contributed by atoms with Gasteiger partial charge in [0.05, 0.1) is 24.8 Å². The van der Waals surface area contributed by atoms with Crippen molar-refractivity contribution in [3.05, 3.63) is 59.7 Å². The van der Waals surface area contributed by atoms with Crippen LogP contribution in [0, 0.1) is 6.92 Å². The summed E-state index contributed by atoms with van der Waals surface area (Å²) in [7, 11) is 1.59. The van der Waals surface area contributed by atoms with Gasteiger partial charge in [-0.05, 0) is 44.0 Å². The minimum Gasteiger partial charge on any atom is -0.495 e. The largest absolute Gasteiger partial charge is 0.495 e. The zero-order chi connectivity index (χ0) is 21.7. The van der Waals surface area contributed by atoms with Crippen LogP contribution in [-0.2, 0) is 15.0 Å². The van der Waals surface area contributed by atoms with Gasteiger partial charge in [-0.2, -0.15) is 0 Å². The lowest BCUT2D eigenvalue weighted by atomic mass is 9.83. The zero-order valence-corrected chi connectivity index (χ0v) is 18.3. The van der Waals surface area contributed by atoms with Crippen LogP contribution >= 0.6 is 0 Å². The van der Waals surface area contributed by atoms with Gasteiger partial charge in [-0.3, -0.25) is 14.5 Å². The molecule has 0 aromatic heterocycles. The molecular formula is C24H31N3O3. The Morgan fingerprint density at radius 2 is 1.70 bits per heavy atom. The molecule has 6 nitrogen and oxygen atoms in total. The molecule has 1 aliphatic rings. The number of carbonyl (C=O) groups excluding carboxylic acids is 2. The van der Waals surface area contributed by atoms with Gasteiger partial charge in [-0.1, -0.05) is 36.4 Å². The Morgan fingerprint density at radius 3 is 2.33 bits per heavy atom. The lowest BCUT2D eigenvalue weighted by Gasteiger charge is -2.38. The van der Waals surface area contributed by atoms with Crippen molar-refractivity contribution in [3.63, 3.8) is 0 Å². The smallest absolute Gasteiger partial charge is 0.238 e. The van der Waals surface area contributed by atoms with E-state index in [1.807, 2.05) is 74.2 Å². The van der Waals surface area contributed by atoms with Gasteiger partial charge in [0.25, 0.3) is 0 Å². The fraction of sp³-hybridized carbons (Fsp3) is 0.417. The maximum atomic E-state index is 13.1. The highest BCUT2D eigenvalue weighted by Gasteiger charge is 2.35. The topological polar surface area (TPSA) is 61.9 Å². The summed E-state index contributed by atoms with van der Waals surface area (Å²) < 4.78 is 5.33. The molecule has 3 rings (SSSR count). The maximum Gasteiger partial charge on any atom is 0.238 e. The van der Waals surface area contributed by atoms with Gasteiger partial charge in [-0.25, -0.2) is 0 Å². The second-order valence-electron chi connectivity index (χ2n) is 8.31. The molecule has 160 valence electrons. The molecule has 1 aliphatic heterocycles. The van der Waals surface area contributed by atoms with E-state index in [0.717, 1.165) is 11.1 Å². The number of nitrogens with one attached hydrogen (secondary N) is 1. The van der Waals surface area contributed by atoms with Crippen LogP contribution in [0.15, 0.2) is 48.5 Å². The number of benzene rings is 2. The van der Waals surface area contributed by atoms with E-state index in [1.165, 1.54) is 0 Å². The van der Waals surface area contributed by atoms with Crippen molar-refractivity contribution in [2.75, 3.05) is 45.2 Å². The summed E-state index contributed by atoms with van der Waals surface area (Å²) in [4.78, 5) is 29.6. The first-order chi connectivity index (χ1) is 14.3. The number of nitrogens with zero attached hydrogens (tertiary/aromatic N) is 2. The summed E-state index contributed by atoms with van der Waals surface area (Å²) in [5.74, 6) is 0.693. The van der Waals surface area contributed by atoms with E-state index < -0.39 is 5.41 Å². The van der Waals surface area contributed by atoms with Crippen molar-refractivity contribution in [2.24, 2.45) is 0 Å². The molecule has 2 aromatic carbocycles. The molecule has 0 bridgehead atoms. The SMILES string of the molecule is COc1ccc(C)cc1NC(=O)CN1CCN(C(=O)C(C)(C)c2ccccc2)CC1. The van der Waals surface area contributed by atoms with Crippen LogP contribution in [0.3, 0.4) is 0 Å². The molecule has 1 saturated heterocycles. The molecule has 6 heteroatoms. The van der Waals surface area contributed by atoms with E-state index in [-0.39, 0.29) is 11.8 Å². The number of aryl methyl sites for hydroxylation is 1. The Morgan fingerprint density at radius 1 is 1.03 bits per heavy atom. The molecule has 1 fully saturated rings. The van der Waals surface area contributed by atoms with Crippen LogP contribution in [0.25, 0.3) is 0 Å². The summed E-state index contributed by atoms with van der Waals surface area (Å²) in [6, 6.07) is 15.6. The fourth-order valence-electron chi connectivity index (χ4n) is 3.79. The molecule has 30 heavy (non-hydrogen) atoms. The second-order valence-corrected chi connectivity index (χ2v) is 8.31. The Labute approximate surface area is 178 Å². The number of carbonyl (C=O) groups is 2. The quantitative estimate of drug-likeness (QED) is 0.797. The molecule has 1 heterocycles. The third-order valence-electron chi connectivity index (χ3n) is 5.69. The highest BCUT2D eigenvalue weighted by atomic mass is 16.5. The van der Waals surface area contributed by atoms with E-state index in [9.17, 15) is 9.59 Å². The lowest BCUT2D eigenvalue weighted by Crippen LogP contribution is -2.54. The Balaban J connectivity index is 1.54. The van der Waals surface area contributed by atoms with Crippen LogP contribution in [-0.4, -0.2) is 61.4 Å². The lowest BCUT2D eigenvalue weighted by molar-refractivity contribution is -0.138. The molecule has 2 amide bonds. The average Bonchev–Trinajstić information content (AvgIpc) is 2.74. The van der Waals surface area contributed by atoms with Crippen LogP contribution in [0.4, 0.5) is 5.69 Å². The van der Waals surface area contributed by atoms with Gasteiger partial charge in [0.15, 0.2) is 0 Å². The van der Waals surface area contributed by atoms with E-state index in [0.29, 0.717) is 44.2 Å². The summed E-state index contributed by atoms with van der Waals surface area (Å²) >= 11 is 0. The second kappa shape index (κ2) is 9.30. The number of piperazine rings is 1. The van der Waals surface area contributed by atoms with Crippen LogP contribution in [0.5, 0.6) is 5.75 Å². The minimum absolute atomic E-state index is 0.0803. The first-order valence-electron chi connectivity index (χ1n) is 10.3. The number of rotatable bonds is 6. The van der Waals surface area contributed by atoms with E-state index >= 15 is 0 Å². The monoisotopic (exact) mass is 409 g/mol. The van der Waals surface area contributed by atoms with Crippen molar-refractivity contribution >= 4 is 17.5 Å². The van der Waals surface area contributed by atoms with E-state index in [4.69, 9.17) is 4.74 Å². The molecule has 1 N–H and O–H groups in total. The van der Waals surface area contributed by atoms with Gasteiger partial charge >= 0.3 is 0 Å². The molecule has 2 aromatic rings. The normalized spacial score (nSPS) is 15.0. The Hall–Kier alpha value is -2.86. The predicted octanol–water partition coefficient (Wildman–Crippen LogP) is 3.06. The van der Waals surface area contributed by atoms with Crippen molar-refractivity contribution in [3.8, 4) is 5.75 Å². The predicted molar refractivity (Wildman–Crippen MR) is 119 cm³/mol. The minimum atomic E-state index is -0.567. The highest BCUT2D eigenvalue weighted by molar-refractivity contribution is 5.94. The maximum absolute atomic E-state index is 13.1. The summed E-state index contributed by atoms with van der Waals surface area (Å²) in [5, 5.41) is 2.94. The molecule has 0 aliphatic carbocycles. The van der Waals surface area contributed by atoms with Gasteiger partial charge in [0.2, 0.25) is 11.8 Å². The Bertz CT molecular complexity index is 888. The number of hydrogen-bond acceptors (Lipinski definition) is 4. The number of methoxy groups -OCH3 is 1.